The van der Waals surface area contributed by atoms with E-state index in [0.717, 1.165) is 99.9 Å². The van der Waals surface area contributed by atoms with E-state index in [1.54, 1.807) is 0 Å². The molecule has 3 fully saturated rings. The van der Waals surface area contributed by atoms with E-state index in [2.05, 4.69) is 33.7 Å². The van der Waals surface area contributed by atoms with Crippen molar-refractivity contribution < 1.29 is 39.6 Å². The SMILES string of the molecule is CN1CCC/C1=N\C(=Nc1ccccc1)N1CCN(C(=Nc2ccccc2)/N=C2\CCCN2C)CC1.O=C(O)/C=C/C(=O)O.O=C(O)/C=C/C(=O)O. The maximum atomic E-state index is 9.55. The molecule has 2 aromatic carbocycles. The molecule has 16 heteroatoms. The minimum absolute atomic E-state index is 0.558. The Balaban J connectivity index is 0.000000380. The van der Waals surface area contributed by atoms with Gasteiger partial charge in [0.2, 0.25) is 11.9 Å². The number of guanidine groups is 2. The van der Waals surface area contributed by atoms with Crippen molar-refractivity contribution in [3.05, 3.63) is 85.0 Å². The topological polar surface area (TPSA) is 212 Å². The van der Waals surface area contributed by atoms with E-state index in [1.165, 1.54) is 0 Å². The van der Waals surface area contributed by atoms with Gasteiger partial charge in [0.25, 0.3) is 0 Å². The number of piperazine rings is 1. The summed E-state index contributed by atoms with van der Waals surface area (Å²) in [5, 5.41) is 31.2. The van der Waals surface area contributed by atoms with Gasteiger partial charge in [0, 0.05) is 90.5 Å². The molecule has 3 saturated heterocycles. The van der Waals surface area contributed by atoms with Gasteiger partial charge in [-0.1, -0.05) is 36.4 Å². The summed E-state index contributed by atoms with van der Waals surface area (Å²) in [4.78, 5) is 67.3. The summed E-state index contributed by atoms with van der Waals surface area (Å²) in [5.74, 6) is -1.19. The molecule has 276 valence electrons. The molecule has 16 nitrogen and oxygen atoms in total. The van der Waals surface area contributed by atoms with E-state index in [-0.39, 0.29) is 0 Å². The lowest BCUT2D eigenvalue weighted by atomic mass is 10.3. The second-order valence-corrected chi connectivity index (χ2v) is 11.6. The highest BCUT2D eigenvalue weighted by Crippen LogP contribution is 2.19. The van der Waals surface area contributed by atoms with Crippen LogP contribution in [0.5, 0.6) is 0 Å². The number of amidine groups is 2. The van der Waals surface area contributed by atoms with Gasteiger partial charge < -0.3 is 40.0 Å². The first-order valence-corrected chi connectivity index (χ1v) is 16.5. The maximum Gasteiger partial charge on any atom is 0.328 e. The second kappa shape index (κ2) is 21.0. The number of para-hydroxylation sites is 2. The molecule has 0 spiro atoms. The molecule has 0 atom stereocenters. The number of aliphatic carboxylic acids is 4. The van der Waals surface area contributed by atoms with Crippen LogP contribution in [0.3, 0.4) is 0 Å². The first-order valence-electron chi connectivity index (χ1n) is 16.5. The Hall–Kier alpha value is -6.32. The summed E-state index contributed by atoms with van der Waals surface area (Å²) in [7, 11) is 4.24. The van der Waals surface area contributed by atoms with E-state index in [0.29, 0.717) is 24.3 Å². The predicted molar refractivity (Wildman–Crippen MR) is 198 cm³/mol. The zero-order valence-electron chi connectivity index (χ0n) is 29.2. The number of hydrogen-bond donors (Lipinski definition) is 4. The standard InChI is InChI=1S/C28H36N8.2C4H4O4/c1-33-17-9-15-25(33)31-27(29-23-11-5-3-6-12-23)35-19-21-36(22-20-35)28(30-24-13-7-4-8-14-24)32-26-16-10-18-34(26)2;2*5-3(6)1-2-4(7)8/h3-8,11-14H,9-10,15-22H2,1-2H3;2*1-2H,(H,5,6)(H,7,8)/b29-27?,30-28?,31-25+,32-26+;2*2-1+. The van der Waals surface area contributed by atoms with Gasteiger partial charge in [0.1, 0.15) is 11.7 Å². The summed E-state index contributed by atoms with van der Waals surface area (Å²) < 4.78 is 0. The van der Waals surface area contributed by atoms with E-state index < -0.39 is 23.9 Å². The molecule has 0 aliphatic carbocycles. The van der Waals surface area contributed by atoms with Crippen LogP contribution in [0, 0.1) is 0 Å². The van der Waals surface area contributed by atoms with Gasteiger partial charge in [0.05, 0.1) is 11.4 Å². The van der Waals surface area contributed by atoms with Gasteiger partial charge in [0.15, 0.2) is 0 Å². The van der Waals surface area contributed by atoms with Gasteiger partial charge in [-0.15, -0.1) is 0 Å². The molecule has 0 unspecified atom stereocenters. The lowest BCUT2D eigenvalue weighted by molar-refractivity contribution is -0.134. The van der Waals surface area contributed by atoms with E-state index in [1.807, 2.05) is 60.7 Å². The van der Waals surface area contributed by atoms with Gasteiger partial charge in [-0.05, 0) is 37.1 Å². The maximum absolute atomic E-state index is 9.55. The third kappa shape index (κ3) is 14.7. The Morgan fingerprint density at radius 2 is 0.827 bits per heavy atom. The Morgan fingerprint density at radius 1 is 0.519 bits per heavy atom. The second-order valence-electron chi connectivity index (χ2n) is 11.6. The molecule has 0 amide bonds. The number of carboxylic acid groups (broad SMARTS) is 4. The van der Waals surface area contributed by atoms with Crippen LogP contribution < -0.4 is 0 Å². The van der Waals surface area contributed by atoms with Crippen molar-refractivity contribution in [2.45, 2.75) is 25.7 Å². The van der Waals surface area contributed by atoms with Gasteiger partial charge in [-0.3, -0.25) is 0 Å². The lowest BCUT2D eigenvalue weighted by Crippen LogP contribution is -2.50. The number of carboxylic acids is 4. The van der Waals surface area contributed by atoms with Crippen LogP contribution in [-0.2, 0) is 19.2 Å². The van der Waals surface area contributed by atoms with Crippen molar-refractivity contribution >= 4 is 58.8 Å². The van der Waals surface area contributed by atoms with Crippen LogP contribution in [0.2, 0.25) is 0 Å². The zero-order chi connectivity index (χ0) is 37.9. The number of hydrogen-bond acceptors (Lipinski definition) is 6. The normalized spacial score (nSPS) is 18.0. The Kier molecular flexibility index (Phi) is 16.2. The average Bonchev–Trinajstić information content (AvgIpc) is 3.73. The van der Waals surface area contributed by atoms with E-state index in [4.69, 9.17) is 40.4 Å². The smallest absolute Gasteiger partial charge is 0.328 e. The number of aliphatic imine (C=N–C) groups is 4. The quantitative estimate of drug-likeness (QED) is 0.192. The summed E-state index contributed by atoms with van der Waals surface area (Å²) in [6.07, 6.45) is 6.54. The van der Waals surface area contributed by atoms with Crippen LogP contribution >= 0.6 is 0 Å². The van der Waals surface area contributed by atoms with Gasteiger partial charge in [-0.25, -0.2) is 29.2 Å². The summed E-state index contributed by atoms with van der Waals surface area (Å²) >= 11 is 0. The molecule has 0 saturated carbocycles. The first kappa shape index (κ1) is 40.1. The number of rotatable bonds is 6. The lowest BCUT2D eigenvalue weighted by Gasteiger charge is -2.36. The van der Waals surface area contributed by atoms with Crippen LogP contribution in [0.15, 0.2) is 105 Å². The highest BCUT2D eigenvalue weighted by atomic mass is 16.4. The van der Waals surface area contributed by atoms with Gasteiger partial charge in [-0.2, -0.15) is 9.98 Å². The summed E-state index contributed by atoms with van der Waals surface area (Å²) in [6, 6.07) is 20.3. The molecule has 52 heavy (non-hydrogen) atoms. The van der Waals surface area contributed by atoms with Crippen LogP contribution in [0.4, 0.5) is 11.4 Å². The number of likely N-dealkylation sites (tertiary alicyclic amines) is 2. The minimum Gasteiger partial charge on any atom is -0.478 e. The van der Waals surface area contributed by atoms with E-state index >= 15 is 0 Å². The number of nitrogens with zero attached hydrogens (tertiary/aromatic N) is 8. The van der Waals surface area contributed by atoms with Crippen molar-refractivity contribution in [2.24, 2.45) is 20.0 Å². The Labute approximate surface area is 301 Å². The first-order chi connectivity index (χ1) is 24.9. The molecule has 3 aliphatic heterocycles. The van der Waals surface area contributed by atoms with Gasteiger partial charge >= 0.3 is 23.9 Å². The van der Waals surface area contributed by atoms with Crippen molar-refractivity contribution in [2.75, 3.05) is 53.4 Å². The molecular formula is C36H44N8O8. The number of carbonyl (C=O) groups is 4. The summed E-state index contributed by atoms with van der Waals surface area (Å²) in [6.45, 7) is 5.39. The van der Waals surface area contributed by atoms with Crippen molar-refractivity contribution in [1.29, 1.82) is 0 Å². The van der Waals surface area contributed by atoms with Crippen LogP contribution in [0.1, 0.15) is 25.7 Å². The molecule has 3 aliphatic rings. The predicted octanol–water partition coefficient (Wildman–Crippen LogP) is 3.65. The third-order valence-corrected chi connectivity index (χ3v) is 7.68. The van der Waals surface area contributed by atoms with Crippen LogP contribution in [0.25, 0.3) is 0 Å². The highest BCUT2D eigenvalue weighted by Gasteiger charge is 2.25. The molecule has 0 radical (unpaired) electrons. The molecule has 2 aromatic rings. The molecule has 0 aromatic heterocycles. The van der Waals surface area contributed by atoms with Crippen molar-refractivity contribution in [3.8, 4) is 0 Å². The average molecular weight is 717 g/mol. The fourth-order valence-corrected chi connectivity index (χ4v) is 5.06. The molecule has 4 N–H and O–H groups in total. The fourth-order valence-electron chi connectivity index (χ4n) is 5.06. The third-order valence-electron chi connectivity index (χ3n) is 7.68. The van der Waals surface area contributed by atoms with E-state index in [9.17, 15) is 19.2 Å². The Morgan fingerprint density at radius 3 is 1.08 bits per heavy atom. The molecular weight excluding hydrogens is 672 g/mol. The minimum atomic E-state index is -1.26. The monoisotopic (exact) mass is 716 g/mol. The van der Waals surface area contributed by atoms with Crippen molar-refractivity contribution in [3.63, 3.8) is 0 Å². The highest BCUT2D eigenvalue weighted by molar-refractivity contribution is 5.99. The summed E-state index contributed by atoms with van der Waals surface area (Å²) in [5.41, 5.74) is 1.86. The fraction of sp³-hybridized carbons (Fsp3) is 0.333. The largest absolute Gasteiger partial charge is 0.478 e. The van der Waals surface area contributed by atoms with Crippen LogP contribution in [-0.4, -0.2) is 141 Å². The molecule has 5 rings (SSSR count). The molecule has 3 heterocycles. The zero-order valence-corrected chi connectivity index (χ0v) is 29.2. The Bertz CT molecular complexity index is 1540. The molecule has 0 bridgehead atoms. The number of benzene rings is 2. The van der Waals surface area contributed by atoms with Crippen molar-refractivity contribution in [1.82, 2.24) is 19.6 Å².